The van der Waals surface area contributed by atoms with Crippen LogP contribution in [0.15, 0.2) is 18.3 Å². The third-order valence-electron chi connectivity index (χ3n) is 4.27. The van der Waals surface area contributed by atoms with E-state index in [1.54, 1.807) is 13.2 Å². The van der Waals surface area contributed by atoms with Crippen LogP contribution in [0.1, 0.15) is 31.2 Å². The Hall–Kier alpha value is -1.56. The summed E-state index contributed by atoms with van der Waals surface area (Å²) >= 11 is 0. The largest absolute Gasteiger partial charge is 0.481 e. The van der Waals surface area contributed by atoms with E-state index >= 15 is 0 Å². The lowest BCUT2D eigenvalue weighted by molar-refractivity contribution is 0.214. The van der Waals surface area contributed by atoms with Gasteiger partial charge in [0, 0.05) is 5.56 Å². The number of sulfonamides is 1. The van der Waals surface area contributed by atoms with Crippen molar-refractivity contribution in [1.29, 1.82) is 0 Å². The van der Waals surface area contributed by atoms with Crippen molar-refractivity contribution in [3.05, 3.63) is 23.9 Å². The molecule has 2 aliphatic rings. The Bertz CT molecular complexity index is 670. The summed E-state index contributed by atoms with van der Waals surface area (Å²) in [5.41, 5.74) is 1.92. The quantitative estimate of drug-likeness (QED) is 0.908. The number of nitrogens with zero attached hydrogens (tertiary/aromatic N) is 1. The number of anilines is 1. The van der Waals surface area contributed by atoms with Gasteiger partial charge < -0.3 is 4.74 Å². The fourth-order valence-corrected chi connectivity index (χ4v) is 3.58. The second-order valence-electron chi connectivity index (χ2n) is 6.22. The molecule has 0 aliphatic heterocycles. The highest BCUT2D eigenvalue weighted by Gasteiger charge is 2.51. The van der Waals surface area contributed by atoms with E-state index in [0.29, 0.717) is 22.9 Å². The molecular weight excluding hydrogens is 288 g/mol. The zero-order chi connectivity index (χ0) is 15.1. The molecule has 1 aromatic rings. The normalized spacial score (nSPS) is 20.5. The summed E-state index contributed by atoms with van der Waals surface area (Å²) in [7, 11) is -1.74. The molecule has 1 heterocycles. The number of nitrogens with one attached hydrogen (secondary N) is 1. The van der Waals surface area contributed by atoms with Crippen LogP contribution in [0.2, 0.25) is 0 Å². The summed E-state index contributed by atoms with van der Waals surface area (Å²) in [5.74, 6) is 1.13. The molecule has 0 radical (unpaired) electrons. The van der Waals surface area contributed by atoms with Gasteiger partial charge in [0.1, 0.15) is 0 Å². The van der Waals surface area contributed by atoms with Crippen LogP contribution < -0.4 is 9.46 Å². The molecule has 0 aromatic carbocycles. The molecule has 5 nitrogen and oxygen atoms in total. The van der Waals surface area contributed by atoms with Gasteiger partial charge in [-0.05, 0) is 43.1 Å². The molecule has 2 aliphatic carbocycles. The predicted octanol–water partition coefficient (Wildman–Crippen LogP) is 2.67. The molecule has 2 fully saturated rings. The Morgan fingerprint density at radius 1 is 1.43 bits per heavy atom. The van der Waals surface area contributed by atoms with Crippen molar-refractivity contribution < 1.29 is 13.2 Å². The van der Waals surface area contributed by atoms with E-state index in [0.717, 1.165) is 11.8 Å². The monoisotopic (exact) mass is 308 g/mol. The van der Waals surface area contributed by atoms with Crippen LogP contribution >= 0.6 is 0 Å². The van der Waals surface area contributed by atoms with Gasteiger partial charge in [-0.2, -0.15) is 0 Å². The smallest absolute Gasteiger partial charge is 0.229 e. The summed E-state index contributed by atoms with van der Waals surface area (Å²) in [6, 6.07) is 1.74. The van der Waals surface area contributed by atoms with Crippen molar-refractivity contribution >= 4 is 21.8 Å². The second-order valence-corrected chi connectivity index (χ2v) is 7.97. The van der Waals surface area contributed by atoms with Gasteiger partial charge in [-0.15, -0.1) is 0 Å². The molecule has 0 bridgehead atoms. The van der Waals surface area contributed by atoms with Crippen LogP contribution in [0.3, 0.4) is 0 Å². The molecule has 3 rings (SSSR count). The summed E-state index contributed by atoms with van der Waals surface area (Å²) in [5, 5.41) is 0. The minimum Gasteiger partial charge on any atom is -0.481 e. The Kier molecular flexibility index (Phi) is 3.43. The number of rotatable bonds is 5. The first-order valence-corrected chi connectivity index (χ1v) is 8.98. The van der Waals surface area contributed by atoms with Crippen LogP contribution in [0.25, 0.3) is 6.08 Å². The van der Waals surface area contributed by atoms with Crippen LogP contribution in [0.4, 0.5) is 5.69 Å². The number of pyridine rings is 1. The minimum absolute atomic E-state index is 0.449. The zero-order valence-corrected chi connectivity index (χ0v) is 13.1. The summed E-state index contributed by atoms with van der Waals surface area (Å²) in [6.07, 6.45) is 12.1. The van der Waals surface area contributed by atoms with Crippen molar-refractivity contribution in [3.63, 3.8) is 0 Å². The molecule has 114 valence electrons. The average Bonchev–Trinajstić information content (AvgIpc) is 3.13. The van der Waals surface area contributed by atoms with E-state index in [1.165, 1.54) is 31.9 Å². The van der Waals surface area contributed by atoms with E-state index in [-0.39, 0.29) is 0 Å². The lowest BCUT2D eigenvalue weighted by Crippen LogP contribution is -2.22. The Balaban J connectivity index is 1.75. The maximum absolute atomic E-state index is 11.3. The highest BCUT2D eigenvalue weighted by atomic mass is 32.2. The summed E-state index contributed by atoms with van der Waals surface area (Å²) < 4.78 is 30.2. The molecule has 1 aromatic heterocycles. The Morgan fingerprint density at radius 3 is 2.71 bits per heavy atom. The van der Waals surface area contributed by atoms with Crippen LogP contribution in [0.5, 0.6) is 5.88 Å². The van der Waals surface area contributed by atoms with Gasteiger partial charge in [0.25, 0.3) is 0 Å². The SMILES string of the molecule is COc1ncc(NS(C)(=O)=O)cc1C=CC1CC2(CC2)C1. The fourth-order valence-electron chi connectivity index (χ4n) is 3.04. The minimum atomic E-state index is -3.30. The van der Waals surface area contributed by atoms with Crippen molar-refractivity contribution in [3.8, 4) is 5.88 Å². The third kappa shape index (κ3) is 3.37. The first-order chi connectivity index (χ1) is 9.89. The molecule has 0 unspecified atom stereocenters. The molecule has 21 heavy (non-hydrogen) atoms. The van der Waals surface area contributed by atoms with Crippen LogP contribution in [-0.4, -0.2) is 26.8 Å². The second kappa shape index (κ2) is 5.02. The molecule has 2 saturated carbocycles. The Labute approximate surface area is 125 Å². The number of aromatic nitrogens is 1. The van der Waals surface area contributed by atoms with Gasteiger partial charge in [0.05, 0.1) is 25.2 Å². The third-order valence-corrected chi connectivity index (χ3v) is 4.88. The molecule has 0 saturated heterocycles. The van der Waals surface area contributed by atoms with E-state index in [9.17, 15) is 8.42 Å². The maximum atomic E-state index is 11.3. The fraction of sp³-hybridized carbons (Fsp3) is 0.533. The van der Waals surface area contributed by atoms with Crippen molar-refractivity contribution in [1.82, 2.24) is 4.98 Å². The van der Waals surface area contributed by atoms with Crippen molar-refractivity contribution in [2.75, 3.05) is 18.1 Å². The predicted molar refractivity (Wildman–Crippen MR) is 82.7 cm³/mol. The van der Waals surface area contributed by atoms with Gasteiger partial charge in [0.15, 0.2) is 0 Å². The van der Waals surface area contributed by atoms with E-state index in [4.69, 9.17) is 4.74 Å². The molecule has 1 spiro atoms. The Morgan fingerprint density at radius 2 is 2.14 bits per heavy atom. The zero-order valence-electron chi connectivity index (χ0n) is 12.3. The molecule has 6 heteroatoms. The van der Waals surface area contributed by atoms with E-state index in [2.05, 4.69) is 15.8 Å². The molecule has 1 N–H and O–H groups in total. The summed E-state index contributed by atoms with van der Waals surface area (Å²) in [4.78, 5) is 4.14. The topological polar surface area (TPSA) is 68.3 Å². The van der Waals surface area contributed by atoms with Gasteiger partial charge >= 0.3 is 0 Å². The number of allylic oxidation sites excluding steroid dienone is 1. The first-order valence-electron chi connectivity index (χ1n) is 7.09. The number of ether oxygens (including phenoxy) is 1. The highest BCUT2D eigenvalue weighted by molar-refractivity contribution is 7.92. The highest BCUT2D eigenvalue weighted by Crippen LogP contribution is 2.63. The average molecular weight is 308 g/mol. The van der Waals surface area contributed by atoms with Crippen molar-refractivity contribution in [2.24, 2.45) is 11.3 Å². The lowest BCUT2D eigenvalue weighted by Gasteiger charge is -2.33. The first kappa shape index (κ1) is 14.4. The van der Waals surface area contributed by atoms with Gasteiger partial charge in [0.2, 0.25) is 15.9 Å². The van der Waals surface area contributed by atoms with E-state index in [1.807, 2.05) is 6.08 Å². The number of hydrogen-bond donors (Lipinski definition) is 1. The number of hydrogen-bond acceptors (Lipinski definition) is 4. The molecule has 0 atom stereocenters. The standard InChI is InChI=1S/C15H20N2O3S/c1-20-14-12(4-3-11-8-15(9-11)5-6-15)7-13(10-16-14)17-21(2,18)19/h3-4,7,10-11,17H,5-6,8-9H2,1-2H3. The number of methoxy groups -OCH3 is 1. The van der Waals surface area contributed by atoms with Crippen molar-refractivity contribution in [2.45, 2.75) is 25.7 Å². The maximum Gasteiger partial charge on any atom is 0.229 e. The van der Waals surface area contributed by atoms with Gasteiger partial charge in [-0.25, -0.2) is 13.4 Å². The van der Waals surface area contributed by atoms with Crippen LogP contribution in [-0.2, 0) is 10.0 Å². The molecule has 0 amide bonds. The van der Waals surface area contributed by atoms with E-state index < -0.39 is 10.0 Å². The summed E-state index contributed by atoms with van der Waals surface area (Å²) in [6.45, 7) is 0. The van der Waals surface area contributed by atoms with Gasteiger partial charge in [-0.3, -0.25) is 4.72 Å². The lowest BCUT2D eigenvalue weighted by atomic mass is 9.72. The van der Waals surface area contributed by atoms with Gasteiger partial charge in [-0.1, -0.05) is 12.2 Å². The van der Waals surface area contributed by atoms with Crippen LogP contribution in [0, 0.1) is 11.3 Å². The molecular formula is C15H20N2O3S.